The van der Waals surface area contributed by atoms with E-state index in [-0.39, 0.29) is 0 Å². The van der Waals surface area contributed by atoms with Crippen molar-refractivity contribution < 1.29 is 0 Å². The Morgan fingerprint density at radius 3 is 2.53 bits per heavy atom. The number of nitrogens with one attached hydrogen (secondary N) is 1. The van der Waals surface area contributed by atoms with Crippen molar-refractivity contribution in [3.8, 4) is 12.3 Å². The molecule has 1 saturated carbocycles. The van der Waals surface area contributed by atoms with E-state index in [2.05, 4.69) is 34.2 Å². The molecule has 0 spiro atoms. The lowest BCUT2D eigenvalue weighted by atomic mass is 9.88. The number of rotatable bonds is 5. The van der Waals surface area contributed by atoms with Gasteiger partial charge in [-0.05, 0) is 31.9 Å². The number of thioether (sulfide) groups is 1. The number of likely N-dealkylation sites (tertiary alicyclic amines) is 1. The van der Waals surface area contributed by atoms with Gasteiger partial charge in [0.25, 0.3) is 0 Å². The zero-order chi connectivity index (χ0) is 13.6. The molecular formula is C16H28N2S. The third kappa shape index (κ3) is 4.41. The first kappa shape index (κ1) is 15.2. The van der Waals surface area contributed by atoms with E-state index in [4.69, 9.17) is 6.42 Å². The lowest BCUT2D eigenvalue weighted by Gasteiger charge is -2.39. The van der Waals surface area contributed by atoms with Crippen LogP contribution < -0.4 is 5.32 Å². The summed E-state index contributed by atoms with van der Waals surface area (Å²) in [6, 6.07) is 0.708. The maximum Gasteiger partial charge on any atom is 0.0598 e. The molecule has 1 aliphatic carbocycles. The van der Waals surface area contributed by atoms with E-state index >= 15 is 0 Å². The molecule has 1 saturated heterocycles. The molecule has 0 amide bonds. The van der Waals surface area contributed by atoms with Gasteiger partial charge < -0.3 is 5.32 Å². The summed E-state index contributed by atoms with van der Waals surface area (Å²) in [5, 5.41) is 3.85. The molecule has 0 unspecified atom stereocenters. The van der Waals surface area contributed by atoms with Crippen LogP contribution in [0, 0.1) is 12.3 Å². The zero-order valence-electron chi connectivity index (χ0n) is 12.3. The van der Waals surface area contributed by atoms with E-state index in [9.17, 15) is 0 Å². The Bertz CT molecular complexity index is 296. The van der Waals surface area contributed by atoms with E-state index in [1.807, 2.05) is 0 Å². The Morgan fingerprint density at radius 2 is 1.95 bits per heavy atom. The predicted octanol–water partition coefficient (Wildman–Crippen LogP) is 2.74. The van der Waals surface area contributed by atoms with Crippen LogP contribution in [0.2, 0.25) is 0 Å². The van der Waals surface area contributed by atoms with Gasteiger partial charge in [-0.1, -0.05) is 25.2 Å². The average Bonchev–Trinajstić information content (AvgIpc) is 2.48. The summed E-state index contributed by atoms with van der Waals surface area (Å²) in [6.07, 6.45) is 17.3. The van der Waals surface area contributed by atoms with Crippen LogP contribution in [-0.4, -0.2) is 48.1 Å². The molecule has 0 aromatic carbocycles. The number of hydrogen-bond donors (Lipinski definition) is 1. The van der Waals surface area contributed by atoms with Gasteiger partial charge in [-0.25, -0.2) is 0 Å². The van der Waals surface area contributed by atoms with Gasteiger partial charge in [-0.15, -0.1) is 6.42 Å². The SMILES string of the molecule is C#CCN1CCC(NCC2(SC)CCCCC2)CC1. The minimum Gasteiger partial charge on any atom is -0.313 e. The minimum atomic E-state index is 0.522. The molecule has 19 heavy (non-hydrogen) atoms. The van der Waals surface area contributed by atoms with E-state index in [1.165, 1.54) is 51.5 Å². The average molecular weight is 280 g/mol. The van der Waals surface area contributed by atoms with Crippen LogP contribution in [0.1, 0.15) is 44.9 Å². The summed E-state index contributed by atoms with van der Waals surface area (Å²) in [5.74, 6) is 2.75. The van der Waals surface area contributed by atoms with Gasteiger partial charge >= 0.3 is 0 Å². The van der Waals surface area contributed by atoms with Gasteiger partial charge in [0.2, 0.25) is 0 Å². The van der Waals surface area contributed by atoms with Gasteiger partial charge in [0.1, 0.15) is 0 Å². The molecule has 0 radical (unpaired) electrons. The van der Waals surface area contributed by atoms with E-state index in [0.717, 1.165) is 19.6 Å². The van der Waals surface area contributed by atoms with Crippen molar-refractivity contribution in [2.45, 2.75) is 55.7 Å². The molecule has 108 valence electrons. The lowest BCUT2D eigenvalue weighted by Crippen LogP contribution is -2.48. The summed E-state index contributed by atoms with van der Waals surface area (Å²) in [4.78, 5) is 2.39. The van der Waals surface area contributed by atoms with Crippen molar-refractivity contribution >= 4 is 11.8 Å². The summed E-state index contributed by atoms with van der Waals surface area (Å²) in [6.45, 7) is 4.34. The van der Waals surface area contributed by atoms with E-state index in [0.29, 0.717) is 10.8 Å². The maximum absolute atomic E-state index is 5.38. The maximum atomic E-state index is 5.38. The first-order valence-corrected chi connectivity index (χ1v) is 8.95. The molecule has 0 atom stereocenters. The fraction of sp³-hybridized carbons (Fsp3) is 0.875. The number of terminal acetylenes is 1. The summed E-state index contributed by atoms with van der Waals surface area (Å²) >= 11 is 2.09. The largest absolute Gasteiger partial charge is 0.313 e. The highest BCUT2D eigenvalue weighted by atomic mass is 32.2. The first-order chi connectivity index (χ1) is 9.28. The molecule has 2 nitrogen and oxygen atoms in total. The fourth-order valence-corrected chi connectivity index (χ4v) is 4.33. The van der Waals surface area contributed by atoms with E-state index < -0.39 is 0 Å². The van der Waals surface area contributed by atoms with Crippen molar-refractivity contribution in [3.63, 3.8) is 0 Å². The number of nitrogens with zero attached hydrogens (tertiary/aromatic N) is 1. The molecule has 2 fully saturated rings. The Balaban J connectivity index is 1.72. The van der Waals surface area contributed by atoms with Crippen LogP contribution in [0.3, 0.4) is 0 Å². The smallest absolute Gasteiger partial charge is 0.0598 e. The summed E-state index contributed by atoms with van der Waals surface area (Å²) in [5.41, 5.74) is 0. The minimum absolute atomic E-state index is 0.522. The zero-order valence-corrected chi connectivity index (χ0v) is 13.1. The summed E-state index contributed by atoms with van der Waals surface area (Å²) in [7, 11) is 0. The van der Waals surface area contributed by atoms with Gasteiger partial charge in [0.15, 0.2) is 0 Å². The molecule has 3 heteroatoms. The van der Waals surface area contributed by atoms with Gasteiger partial charge in [0, 0.05) is 30.4 Å². The molecule has 0 bridgehead atoms. The van der Waals surface area contributed by atoms with Crippen molar-refractivity contribution in [1.29, 1.82) is 0 Å². The van der Waals surface area contributed by atoms with E-state index in [1.54, 1.807) is 0 Å². The molecular weight excluding hydrogens is 252 g/mol. The normalized spacial score (nSPS) is 25.1. The highest BCUT2D eigenvalue weighted by molar-refractivity contribution is 8.00. The lowest BCUT2D eigenvalue weighted by molar-refractivity contribution is 0.212. The Kier molecular flexibility index (Phi) is 6.06. The summed E-state index contributed by atoms with van der Waals surface area (Å²) < 4.78 is 0.522. The fourth-order valence-electron chi connectivity index (χ4n) is 3.40. The molecule has 2 aliphatic rings. The Labute approximate surface area is 123 Å². The molecule has 0 aromatic heterocycles. The monoisotopic (exact) mass is 280 g/mol. The molecule has 1 heterocycles. The highest BCUT2D eigenvalue weighted by Crippen LogP contribution is 2.38. The van der Waals surface area contributed by atoms with Gasteiger partial charge in [0.05, 0.1) is 6.54 Å². The first-order valence-electron chi connectivity index (χ1n) is 7.72. The van der Waals surface area contributed by atoms with Crippen LogP contribution in [0.15, 0.2) is 0 Å². The van der Waals surface area contributed by atoms with Crippen LogP contribution in [-0.2, 0) is 0 Å². The van der Waals surface area contributed by atoms with Crippen molar-refractivity contribution in [2.75, 3.05) is 32.4 Å². The number of piperidine rings is 1. The molecule has 1 aliphatic heterocycles. The van der Waals surface area contributed by atoms with Crippen molar-refractivity contribution in [3.05, 3.63) is 0 Å². The topological polar surface area (TPSA) is 15.3 Å². The Hall–Kier alpha value is -0.170. The number of hydrogen-bond acceptors (Lipinski definition) is 3. The third-order valence-corrected chi connectivity index (χ3v) is 6.23. The Morgan fingerprint density at radius 1 is 1.26 bits per heavy atom. The predicted molar refractivity (Wildman–Crippen MR) is 85.6 cm³/mol. The van der Waals surface area contributed by atoms with Gasteiger partial charge in [-0.2, -0.15) is 11.8 Å². The van der Waals surface area contributed by atoms with Crippen molar-refractivity contribution in [1.82, 2.24) is 10.2 Å². The van der Waals surface area contributed by atoms with Crippen LogP contribution in [0.25, 0.3) is 0 Å². The molecule has 0 aromatic rings. The van der Waals surface area contributed by atoms with Gasteiger partial charge in [-0.3, -0.25) is 4.90 Å². The molecule has 1 N–H and O–H groups in total. The standard InChI is InChI=1S/C16H28N2S/c1-3-11-18-12-7-15(8-13-18)17-14-16(19-2)9-5-4-6-10-16/h1,15,17H,4-14H2,2H3. The second-order valence-corrected chi connectivity index (χ2v) is 7.36. The highest BCUT2D eigenvalue weighted by Gasteiger charge is 2.31. The van der Waals surface area contributed by atoms with Crippen molar-refractivity contribution in [2.24, 2.45) is 0 Å². The third-order valence-electron chi connectivity index (χ3n) is 4.81. The van der Waals surface area contributed by atoms with Crippen LogP contribution in [0.4, 0.5) is 0 Å². The molecule has 2 rings (SSSR count). The van der Waals surface area contributed by atoms with Crippen LogP contribution in [0.5, 0.6) is 0 Å². The quantitative estimate of drug-likeness (QED) is 0.780. The second kappa shape index (κ2) is 7.57. The second-order valence-electron chi connectivity index (χ2n) is 6.08. The van der Waals surface area contributed by atoms with Crippen LogP contribution >= 0.6 is 11.8 Å².